The van der Waals surface area contributed by atoms with Gasteiger partial charge in [0, 0.05) is 19.3 Å². The Kier molecular flexibility index (Phi) is 7.60. The number of carbonyl (C=O) groups is 1. The number of benzene rings is 3. The van der Waals surface area contributed by atoms with Gasteiger partial charge in [0.2, 0.25) is 0 Å². The summed E-state index contributed by atoms with van der Waals surface area (Å²) in [7, 11) is -0.432. The highest BCUT2D eigenvalue weighted by Crippen LogP contribution is 2.24. The monoisotopic (exact) mass is 468 g/mol. The Hall–Kier alpha value is -3.52. The van der Waals surface area contributed by atoms with Crippen LogP contribution >= 0.6 is 0 Å². The molecular weight excluding hydrogens is 440 g/mol. The van der Waals surface area contributed by atoms with Gasteiger partial charge in [-0.3, -0.25) is 9.52 Å². The van der Waals surface area contributed by atoms with E-state index in [-0.39, 0.29) is 17.4 Å². The highest BCUT2D eigenvalue weighted by Gasteiger charge is 2.17. The van der Waals surface area contributed by atoms with Crippen molar-refractivity contribution in [1.29, 1.82) is 0 Å². The van der Waals surface area contributed by atoms with Crippen LogP contribution in [0.3, 0.4) is 0 Å². The molecule has 3 aromatic carbocycles. The number of aryl methyl sites for hydroxylation is 2. The highest BCUT2D eigenvalue weighted by molar-refractivity contribution is 7.92. The number of amides is 1. The molecule has 0 bridgehead atoms. The fourth-order valence-electron chi connectivity index (χ4n) is 3.13. The number of hydrogen-bond acceptors (Lipinski definition) is 5. The van der Waals surface area contributed by atoms with Crippen molar-refractivity contribution in [3.05, 3.63) is 83.4 Å². The van der Waals surface area contributed by atoms with Crippen molar-refractivity contribution in [1.82, 2.24) is 4.90 Å². The molecular formula is C25H28N2O5S. The van der Waals surface area contributed by atoms with Gasteiger partial charge in [0.25, 0.3) is 15.9 Å². The highest BCUT2D eigenvalue weighted by atomic mass is 32.2. The summed E-state index contributed by atoms with van der Waals surface area (Å²) >= 11 is 0. The third-order valence-corrected chi connectivity index (χ3v) is 6.50. The fourth-order valence-corrected chi connectivity index (χ4v) is 4.27. The average molecular weight is 469 g/mol. The molecule has 0 unspecified atom stereocenters. The van der Waals surface area contributed by atoms with Crippen molar-refractivity contribution in [2.75, 3.05) is 25.5 Å². The summed E-state index contributed by atoms with van der Waals surface area (Å²) in [4.78, 5) is 14.2. The Labute approximate surface area is 195 Å². The number of sulfonamides is 1. The average Bonchev–Trinajstić information content (AvgIpc) is 2.79. The minimum absolute atomic E-state index is 0.121. The summed E-state index contributed by atoms with van der Waals surface area (Å²) in [5.41, 5.74) is 3.12. The molecule has 0 radical (unpaired) electrons. The molecule has 0 heterocycles. The second-order valence-corrected chi connectivity index (χ2v) is 9.47. The number of anilines is 1. The molecule has 174 valence electrons. The summed E-state index contributed by atoms with van der Waals surface area (Å²) < 4.78 is 38.8. The quantitative estimate of drug-likeness (QED) is 0.510. The van der Waals surface area contributed by atoms with Gasteiger partial charge >= 0.3 is 0 Å². The lowest BCUT2D eigenvalue weighted by molar-refractivity contribution is -0.132. The molecule has 3 rings (SSSR count). The van der Waals surface area contributed by atoms with Crippen LogP contribution in [0.15, 0.2) is 71.6 Å². The molecule has 0 aliphatic carbocycles. The molecule has 3 aromatic rings. The number of likely N-dealkylation sites (N-methyl/N-ethyl adjacent to an activating group) is 1. The molecule has 0 spiro atoms. The van der Waals surface area contributed by atoms with Crippen LogP contribution in [0.4, 0.5) is 5.69 Å². The minimum Gasteiger partial charge on any atom is -0.497 e. The van der Waals surface area contributed by atoms with Gasteiger partial charge in [0.05, 0.1) is 12.0 Å². The summed E-state index contributed by atoms with van der Waals surface area (Å²) in [6.07, 6.45) is 0. The van der Waals surface area contributed by atoms with E-state index in [1.165, 1.54) is 12.1 Å². The van der Waals surface area contributed by atoms with Gasteiger partial charge in [0.1, 0.15) is 11.5 Å². The van der Waals surface area contributed by atoms with Gasteiger partial charge in [-0.25, -0.2) is 8.42 Å². The number of hydrogen-bond donors (Lipinski definition) is 1. The van der Waals surface area contributed by atoms with Gasteiger partial charge in [-0.1, -0.05) is 29.8 Å². The van der Waals surface area contributed by atoms with Gasteiger partial charge in [-0.05, 0) is 67.4 Å². The number of carbonyl (C=O) groups excluding carboxylic acids is 1. The molecule has 7 nitrogen and oxygen atoms in total. The number of ether oxygens (including phenoxy) is 2. The van der Waals surface area contributed by atoms with E-state index in [0.717, 1.165) is 16.9 Å². The lowest BCUT2D eigenvalue weighted by atomic mass is 10.2. The zero-order chi connectivity index (χ0) is 24.0. The van der Waals surface area contributed by atoms with Gasteiger partial charge in [0.15, 0.2) is 6.61 Å². The van der Waals surface area contributed by atoms with Crippen LogP contribution < -0.4 is 14.2 Å². The first-order valence-electron chi connectivity index (χ1n) is 10.4. The molecule has 0 aliphatic rings. The molecule has 1 amide bonds. The standard InChI is InChI=1S/C25H28N2O5S/c1-18-5-9-21(10-6-18)26-33(29,30)23-13-14-24(19(2)15-23)32-17-25(28)27(3)16-20-7-11-22(31-4)12-8-20/h5-15,26H,16-17H2,1-4H3. The van der Waals surface area contributed by atoms with Crippen molar-refractivity contribution >= 4 is 21.6 Å². The first-order valence-corrected chi connectivity index (χ1v) is 11.9. The number of methoxy groups -OCH3 is 1. The molecule has 0 atom stereocenters. The van der Waals surface area contributed by atoms with Crippen LogP contribution in [0.1, 0.15) is 16.7 Å². The maximum Gasteiger partial charge on any atom is 0.261 e. The second kappa shape index (κ2) is 10.4. The molecule has 1 N–H and O–H groups in total. The Morgan fingerprint density at radius 2 is 1.64 bits per heavy atom. The van der Waals surface area contributed by atoms with E-state index in [1.807, 2.05) is 43.3 Å². The number of nitrogens with zero attached hydrogens (tertiary/aromatic N) is 1. The largest absolute Gasteiger partial charge is 0.497 e. The summed E-state index contributed by atoms with van der Waals surface area (Å²) in [6, 6.07) is 19.1. The van der Waals surface area contributed by atoms with E-state index in [2.05, 4.69) is 4.72 Å². The zero-order valence-corrected chi connectivity index (χ0v) is 20.0. The molecule has 33 heavy (non-hydrogen) atoms. The van der Waals surface area contributed by atoms with Crippen molar-refractivity contribution < 1.29 is 22.7 Å². The molecule has 0 saturated carbocycles. The first-order chi connectivity index (χ1) is 15.7. The van der Waals surface area contributed by atoms with Crippen molar-refractivity contribution in [3.63, 3.8) is 0 Å². The van der Waals surface area contributed by atoms with Gasteiger partial charge < -0.3 is 14.4 Å². The smallest absolute Gasteiger partial charge is 0.261 e. The van der Waals surface area contributed by atoms with E-state index in [1.54, 1.807) is 44.2 Å². The van der Waals surface area contributed by atoms with E-state index in [4.69, 9.17) is 9.47 Å². The Balaban J connectivity index is 1.60. The predicted octanol–water partition coefficient (Wildman–Crippen LogP) is 4.15. The Morgan fingerprint density at radius 1 is 0.970 bits per heavy atom. The maximum absolute atomic E-state index is 12.7. The maximum atomic E-state index is 12.7. The number of rotatable bonds is 9. The third-order valence-electron chi connectivity index (χ3n) is 5.12. The van der Waals surface area contributed by atoms with Gasteiger partial charge in [-0.2, -0.15) is 0 Å². The van der Waals surface area contributed by atoms with Crippen LogP contribution in [0.2, 0.25) is 0 Å². The summed E-state index contributed by atoms with van der Waals surface area (Å²) in [5.74, 6) is 1.02. The summed E-state index contributed by atoms with van der Waals surface area (Å²) in [5, 5.41) is 0. The van der Waals surface area contributed by atoms with Crippen LogP contribution in [-0.2, 0) is 21.4 Å². The topological polar surface area (TPSA) is 84.9 Å². The lowest BCUT2D eigenvalue weighted by Gasteiger charge is -2.18. The Morgan fingerprint density at radius 3 is 2.24 bits per heavy atom. The van der Waals surface area contributed by atoms with Crippen LogP contribution in [0.5, 0.6) is 11.5 Å². The third kappa shape index (κ3) is 6.49. The Bertz CT molecular complexity index is 1210. The van der Waals surface area contributed by atoms with Crippen LogP contribution in [-0.4, -0.2) is 40.0 Å². The minimum atomic E-state index is -3.74. The lowest BCUT2D eigenvalue weighted by Crippen LogP contribution is -2.31. The fraction of sp³-hybridized carbons (Fsp3) is 0.240. The summed E-state index contributed by atoms with van der Waals surface area (Å²) in [6.45, 7) is 3.96. The van der Waals surface area contributed by atoms with E-state index in [0.29, 0.717) is 23.5 Å². The molecule has 0 aromatic heterocycles. The molecule has 0 saturated heterocycles. The first kappa shape index (κ1) is 24.1. The predicted molar refractivity (Wildman–Crippen MR) is 128 cm³/mol. The van der Waals surface area contributed by atoms with Crippen molar-refractivity contribution in [3.8, 4) is 11.5 Å². The van der Waals surface area contributed by atoms with E-state index in [9.17, 15) is 13.2 Å². The van der Waals surface area contributed by atoms with Crippen LogP contribution in [0, 0.1) is 13.8 Å². The van der Waals surface area contributed by atoms with Crippen molar-refractivity contribution in [2.45, 2.75) is 25.3 Å². The zero-order valence-electron chi connectivity index (χ0n) is 19.2. The molecule has 8 heteroatoms. The normalized spacial score (nSPS) is 11.0. The SMILES string of the molecule is COc1ccc(CN(C)C(=O)COc2ccc(S(=O)(=O)Nc3ccc(C)cc3)cc2C)cc1. The van der Waals surface area contributed by atoms with Crippen molar-refractivity contribution in [2.24, 2.45) is 0 Å². The molecule has 0 fully saturated rings. The second-order valence-electron chi connectivity index (χ2n) is 7.79. The molecule has 0 aliphatic heterocycles. The van der Waals surface area contributed by atoms with Crippen LogP contribution in [0.25, 0.3) is 0 Å². The van der Waals surface area contributed by atoms with E-state index < -0.39 is 10.0 Å². The van der Waals surface area contributed by atoms with E-state index >= 15 is 0 Å². The van der Waals surface area contributed by atoms with Gasteiger partial charge in [-0.15, -0.1) is 0 Å². The number of nitrogens with one attached hydrogen (secondary N) is 1.